The Hall–Kier alpha value is -3.26. The van der Waals surface area contributed by atoms with E-state index in [0.717, 1.165) is 17.5 Å². The number of carbonyl (C=O) groups is 1. The van der Waals surface area contributed by atoms with E-state index in [2.05, 4.69) is 29.7 Å². The topological polar surface area (TPSA) is 74.2 Å². The Labute approximate surface area is 160 Å². The molecule has 0 aliphatic carbocycles. The quantitative estimate of drug-likeness (QED) is 0.569. The molecule has 5 heteroatoms. The van der Waals surface area contributed by atoms with Crippen molar-refractivity contribution in [3.8, 4) is 11.8 Å². The number of nitrogens with one attached hydrogen (secondary N) is 2. The summed E-state index contributed by atoms with van der Waals surface area (Å²) in [7, 11) is 1.54. The number of anilines is 1. The lowest BCUT2D eigenvalue weighted by atomic mass is 10.1. The largest absolute Gasteiger partial charge is 0.495 e. The first kappa shape index (κ1) is 20.1. The molecule has 2 aromatic rings. The zero-order valence-corrected chi connectivity index (χ0v) is 16.2. The molecule has 27 heavy (non-hydrogen) atoms. The minimum absolute atomic E-state index is 0.00409. The molecule has 0 spiro atoms. The van der Waals surface area contributed by atoms with Gasteiger partial charge in [-0.2, -0.15) is 5.26 Å². The number of hydrogen-bond acceptors (Lipinski definition) is 4. The molecule has 0 aliphatic heterocycles. The highest BCUT2D eigenvalue weighted by molar-refractivity contribution is 6.07. The molecular formula is C22H25N3O2. The molecule has 0 bridgehead atoms. The Morgan fingerprint density at radius 1 is 1.26 bits per heavy atom. The molecule has 0 heterocycles. The Kier molecular flexibility index (Phi) is 7.01. The van der Waals surface area contributed by atoms with Crippen LogP contribution in [0.15, 0.2) is 54.2 Å². The number of amides is 1. The van der Waals surface area contributed by atoms with Gasteiger partial charge < -0.3 is 15.4 Å². The number of hydrogen-bond donors (Lipinski definition) is 2. The molecule has 2 aromatic carbocycles. The SMILES string of the molecule is CCc1ccc(C(C)N/C=C(/C#N)C(=O)Nc2cc(C)ccc2OC)cc1. The molecule has 0 fully saturated rings. The van der Waals surface area contributed by atoms with Crippen molar-refractivity contribution in [3.05, 3.63) is 70.9 Å². The highest BCUT2D eigenvalue weighted by Gasteiger charge is 2.13. The van der Waals surface area contributed by atoms with Gasteiger partial charge in [-0.05, 0) is 49.1 Å². The maximum absolute atomic E-state index is 12.5. The van der Waals surface area contributed by atoms with Gasteiger partial charge in [-0.3, -0.25) is 4.79 Å². The first-order chi connectivity index (χ1) is 13.0. The fraction of sp³-hybridized carbons (Fsp3) is 0.273. The van der Waals surface area contributed by atoms with Crippen molar-refractivity contribution in [3.63, 3.8) is 0 Å². The first-order valence-corrected chi connectivity index (χ1v) is 8.89. The number of ether oxygens (including phenoxy) is 1. The van der Waals surface area contributed by atoms with Gasteiger partial charge in [0.25, 0.3) is 5.91 Å². The maximum atomic E-state index is 12.5. The Balaban J connectivity index is 2.09. The van der Waals surface area contributed by atoms with Crippen molar-refractivity contribution >= 4 is 11.6 Å². The van der Waals surface area contributed by atoms with Gasteiger partial charge in [0.15, 0.2) is 0 Å². The van der Waals surface area contributed by atoms with E-state index in [1.165, 1.54) is 18.9 Å². The molecule has 140 valence electrons. The van der Waals surface area contributed by atoms with Gasteiger partial charge in [-0.15, -0.1) is 0 Å². The summed E-state index contributed by atoms with van der Waals surface area (Å²) in [5, 5.41) is 15.2. The minimum atomic E-state index is -0.484. The van der Waals surface area contributed by atoms with Crippen molar-refractivity contribution < 1.29 is 9.53 Å². The standard InChI is InChI=1S/C22H25N3O2/c1-5-17-7-9-18(10-8-17)16(3)24-14-19(13-23)22(26)25-20-12-15(2)6-11-21(20)27-4/h6-12,14,16,24H,5H2,1-4H3,(H,25,26)/b19-14-. The molecule has 1 unspecified atom stereocenters. The van der Waals surface area contributed by atoms with E-state index in [4.69, 9.17) is 4.74 Å². The smallest absolute Gasteiger partial charge is 0.267 e. The lowest BCUT2D eigenvalue weighted by molar-refractivity contribution is -0.112. The van der Waals surface area contributed by atoms with Crippen molar-refractivity contribution in [2.75, 3.05) is 12.4 Å². The first-order valence-electron chi connectivity index (χ1n) is 8.89. The van der Waals surface area contributed by atoms with Crippen LogP contribution in [0.3, 0.4) is 0 Å². The lowest BCUT2D eigenvalue weighted by Crippen LogP contribution is -2.19. The van der Waals surface area contributed by atoms with Gasteiger partial charge in [0.05, 0.1) is 12.8 Å². The monoisotopic (exact) mass is 363 g/mol. The number of nitriles is 1. The van der Waals surface area contributed by atoms with Crippen molar-refractivity contribution in [2.24, 2.45) is 0 Å². The number of methoxy groups -OCH3 is 1. The Morgan fingerprint density at radius 3 is 2.56 bits per heavy atom. The van der Waals surface area contributed by atoms with Gasteiger partial charge in [-0.1, -0.05) is 37.3 Å². The predicted molar refractivity (Wildman–Crippen MR) is 107 cm³/mol. The molecule has 1 atom stereocenters. The number of carbonyl (C=O) groups excluding carboxylic acids is 1. The number of aryl methyl sites for hydroxylation is 2. The van der Waals surface area contributed by atoms with Crippen molar-refractivity contribution in [2.45, 2.75) is 33.2 Å². The van der Waals surface area contributed by atoms with E-state index >= 15 is 0 Å². The van der Waals surface area contributed by atoms with Crippen LogP contribution >= 0.6 is 0 Å². The van der Waals surface area contributed by atoms with Gasteiger partial charge in [-0.25, -0.2) is 0 Å². The van der Waals surface area contributed by atoms with Crippen LogP contribution in [0, 0.1) is 18.3 Å². The highest BCUT2D eigenvalue weighted by Crippen LogP contribution is 2.25. The number of rotatable bonds is 7. The summed E-state index contributed by atoms with van der Waals surface area (Å²) in [5.74, 6) is 0.0611. The second-order valence-electron chi connectivity index (χ2n) is 6.31. The third-order valence-corrected chi connectivity index (χ3v) is 4.33. The van der Waals surface area contributed by atoms with E-state index < -0.39 is 5.91 Å². The third kappa shape index (κ3) is 5.35. The third-order valence-electron chi connectivity index (χ3n) is 4.33. The summed E-state index contributed by atoms with van der Waals surface area (Å²) in [6, 6.07) is 15.7. The molecule has 0 radical (unpaired) electrons. The molecular weight excluding hydrogens is 338 g/mol. The van der Waals surface area contributed by atoms with Gasteiger partial charge in [0.2, 0.25) is 0 Å². The summed E-state index contributed by atoms with van der Waals surface area (Å²) in [4.78, 5) is 12.5. The fourth-order valence-electron chi connectivity index (χ4n) is 2.60. The van der Waals surface area contributed by atoms with Crippen LogP contribution in [0.4, 0.5) is 5.69 Å². The average molecular weight is 363 g/mol. The fourth-order valence-corrected chi connectivity index (χ4v) is 2.60. The average Bonchev–Trinajstić information content (AvgIpc) is 2.68. The minimum Gasteiger partial charge on any atom is -0.495 e. The molecule has 0 aromatic heterocycles. The van der Waals surface area contributed by atoms with Gasteiger partial charge in [0.1, 0.15) is 17.4 Å². The van der Waals surface area contributed by atoms with Crippen LogP contribution in [0.5, 0.6) is 5.75 Å². The Bertz CT molecular complexity index is 864. The molecule has 5 nitrogen and oxygen atoms in total. The van der Waals surface area contributed by atoms with Crippen LogP contribution in [-0.2, 0) is 11.2 Å². The molecule has 0 saturated heterocycles. The highest BCUT2D eigenvalue weighted by atomic mass is 16.5. The second kappa shape index (κ2) is 9.44. The van der Waals surface area contributed by atoms with E-state index in [-0.39, 0.29) is 11.6 Å². The van der Waals surface area contributed by atoms with Crippen LogP contribution in [0.25, 0.3) is 0 Å². The van der Waals surface area contributed by atoms with E-state index in [1.54, 1.807) is 12.1 Å². The van der Waals surface area contributed by atoms with Crippen molar-refractivity contribution in [1.82, 2.24) is 5.32 Å². The van der Waals surface area contributed by atoms with Gasteiger partial charge in [0, 0.05) is 12.2 Å². The van der Waals surface area contributed by atoms with Crippen molar-refractivity contribution in [1.29, 1.82) is 5.26 Å². The summed E-state index contributed by atoms with van der Waals surface area (Å²) >= 11 is 0. The second-order valence-corrected chi connectivity index (χ2v) is 6.31. The number of benzene rings is 2. The lowest BCUT2D eigenvalue weighted by Gasteiger charge is -2.14. The summed E-state index contributed by atoms with van der Waals surface area (Å²) < 4.78 is 5.26. The maximum Gasteiger partial charge on any atom is 0.267 e. The van der Waals surface area contributed by atoms with Crippen LogP contribution < -0.4 is 15.4 Å². The van der Waals surface area contributed by atoms with Crippen LogP contribution in [0.2, 0.25) is 0 Å². The van der Waals surface area contributed by atoms with Gasteiger partial charge >= 0.3 is 0 Å². The van der Waals surface area contributed by atoms with Crippen LogP contribution in [0.1, 0.15) is 36.6 Å². The summed E-state index contributed by atoms with van der Waals surface area (Å²) in [5.41, 5.74) is 3.87. The molecule has 2 N–H and O–H groups in total. The molecule has 2 rings (SSSR count). The predicted octanol–water partition coefficient (Wildman–Crippen LogP) is 4.26. The Morgan fingerprint density at radius 2 is 1.96 bits per heavy atom. The van der Waals surface area contributed by atoms with E-state index in [0.29, 0.717) is 11.4 Å². The molecule has 0 aliphatic rings. The summed E-state index contributed by atoms with van der Waals surface area (Å²) in [6.07, 6.45) is 2.44. The van der Waals surface area contributed by atoms with Crippen LogP contribution in [-0.4, -0.2) is 13.0 Å². The molecule has 0 saturated carbocycles. The summed E-state index contributed by atoms with van der Waals surface area (Å²) in [6.45, 7) is 6.01. The zero-order valence-electron chi connectivity index (χ0n) is 16.2. The van der Waals surface area contributed by atoms with E-state index in [1.807, 2.05) is 38.1 Å². The van der Waals surface area contributed by atoms with E-state index in [9.17, 15) is 10.1 Å². The zero-order chi connectivity index (χ0) is 19.8. The number of nitrogens with zero attached hydrogens (tertiary/aromatic N) is 1. The normalized spacial score (nSPS) is 12.0. The molecule has 1 amide bonds.